The van der Waals surface area contributed by atoms with E-state index in [0.717, 1.165) is 5.69 Å². The molecule has 2 heterocycles. The number of nitrogens with one attached hydrogen (secondary N) is 1. The van der Waals surface area contributed by atoms with Crippen molar-refractivity contribution in [3.63, 3.8) is 0 Å². The van der Waals surface area contributed by atoms with Gasteiger partial charge in [-0.1, -0.05) is 18.2 Å². The van der Waals surface area contributed by atoms with Crippen LogP contribution in [0.1, 0.15) is 10.4 Å². The summed E-state index contributed by atoms with van der Waals surface area (Å²) in [7, 11) is 1.55. The van der Waals surface area contributed by atoms with Crippen molar-refractivity contribution in [1.29, 1.82) is 0 Å². The highest BCUT2D eigenvalue weighted by Gasteiger charge is 2.15. The van der Waals surface area contributed by atoms with E-state index < -0.39 is 5.97 Å². The second-order valence-electron chi connectivity index (χ2n) is 5.70. The van der Waals surface area contributed by atoms with Crippen molar-refractivity contribution in [2.45, 2.75) is 0 Å². The molecule has 2 N–H and O–H groups in total. The molecule has 2 aromatic heterocycles. The van der Waals surface area contributed by atoms with Crippen LogP contribution in [0, 0.1) is 0 Å². The van der Waals surface area contributed by atoms with Crippen molar-refractivity contribution < 1.29 is 14.6 Å². The minimum absolute atomic E-state index is 0.212. The number of rotatable bonds is 5. The van der Waals surface area contributed by atoms with E-state index in [1.807, 2.05) is 30.3 Å². The fourth-order valence-corrected chi connectivity index (χ4v) is 2.66. The summed E-state index contributed by atoms with van der Waals surface area (Å²) in [5.41, 5.74) is 2.33. The lowest BCUT2D eigenvalue weighted by molar-refractivity contribution is 0.0697. The van der Waals surface area contributed by atoms with Crippen molar-refractivity contribution >= 4 is 28.6 Å². The van der Waals surface area contributed by atoms with Gasteiger partial charge in [0.2, 0.25) is 11.8 Å². The molecular formula is C19H15N5O3. The molecule has 0 fully saturated rings. The van der Waals surface area contributed by atoms with E-state index in [9.17, 15) is 4.79 Å². The summed E-state index contributed by atoms with van der Waals surface area (Å²) in [5.74, 6) is -0.172. The Bertz CT molecular complexity index is 1110. The van der Waals surface area contributed by atoms with E-state index in [1.54, 1.807) is 30.1 Å². The highest BCUT2D eigenvalue weighted by atomic mass is 16.5. The van der Waals surface area contributed by atoms with E-state index in [-0.39, 0.29) is 5.56 Å². The number of hydrogen-bond acceptors (Lipinski definition) is 6. The third-order valence-corrected chi connectivity index (χ3v) is 3.97. The number of carbonyl (C=O) groups is 1. The van der Waals surface area contributed by atoms with Gasteiger partial charge in [0.25, 0.3) is 0 Å². The van der Waals surface area contributed by atoms with Crippen molar-refractivity contribution in [3.05, 3.63) is 66.4 Å². The van der Waals surface area contributed by atoms with Crippen LogP contribution in [0.4, 0.5) is 11.6 Å². The van der Waals surface area contributed by atoms with Crippen molar-refractivity contribution in [2.75, 3.05) is 12.4 Å². The van der Waals surface area contributed by atoms with Crippen LogP contribution >= 0.6 is 0 Å². The Morgan fingerprint density at radius 1 is 1.11 bits per heavy atom. The zero-order valence-electron chi connectivity index (χ0n) is 14.3. The van der Waals surface area contributed by atoms with Gasteiger partial charge in [-0.05, 0) is 36.4 Å². The monoisotopic (exact) mass is 361 g/mol. The van der Waals surface area contributed by atoms with Crippen molar-refractivity contribution in [2.24, 2.45) is 0 Å². The SMILES string of the molecule is COc1nn(-c2ccccc2)c2nc(Nc3ccc(C(=O)O)cc3)ncc12. The molecule has 0 atom stereocenters. The standard InChI is InChI=1S/C19H15N5O3/c1-27-17-15-11-20-19(21-13-9-7-12(8-10-13)18(25)26)22-16(15)24(23-17)14-5-3-2-4-6-14/h2-11H,1H3,(H,25,26)(H,20,21,22). The molecule has 4 aromatic rings. The number of methoxy groups -OCH3 is 1. The highest BCUT2D eigenvalue weighted by Crippen LogP contribution is 2.26. The zero-order valence-corrected chi connectivity index (χ0v) is 14.3. The maximum Gasteiger partial charge on any atom is 0.335 e. The second kappa shape index (κ2) is 6.75. The number of ether oxygens (including phenoxy) is 1. The van der Waals surface area contributed by atoms with Gasteiger partial charge in [0.05, 0.1) is 18.4 Å². The number of anilines is 2. The number of hydrogen-bond donors (Lipinski definition) is 2. The first-order chi connectivity index (χ1) is 13.2. The molecule has 0 saturated carbocycles. The molecule has 8 heteroatoms. The predicted octanol–water partition coefficient (Wildman–Crippen LogP) is 3.27. The molecule has 0 amide bonds. The number of aromatic nitrogens is 4. The van der Waals surface area contributed by atoms with E-state index in [0.29, 0.717) is 28.5 Å². The van der Waals surface area contributed by atoms with Crippen molar-refractivity contribution in [1.82, 2.24) is 19.7 Å². The van der Waals surface area contributed by atoms with Crippen LogP contribution in [-0.4, -0.2) is 37.9 Å². The van der Waals surface area contributed by atoms with E-state index >= 15 is 0 Å². The number of para-hydroxylation sites is 1. The van der Waals surface area contributed by atoms with Gasteiger partial charge < -0.3 is 15.2 Å². The number of fused-ring (bicyclic) bond motifs is 1. The molecule has 0 saturated heterocycles. The average Bonchev–Trinajstić information content (AvgIpc) is 3.07. The van der Waals surface area contributed by atoms with E-state index in [2.05, 4.69) is 20.4 Å². The quantitative estimate of drug-likeness (QED) is 0.562. The van der Waals surface area contributed by atoms with Crippen LogP contribution in [0.2, 0.25) is 0 Å². The summed E-state index contributed by atoms with van der Waals surface area (Å²) < 4.78 is 7.02. The average molecular weight is 361 g/mol. The maximum atomic E-state index is 11.0. The Balaban J connectivity index is 1.73. The Kier molecular flexibility index (Phi) is 4.13. The lowest BCUT2D eigenvalue weighted by Crippen LogP contribution is -2.01. The first kappa shape index (κ1) is 16.5. The topological polar surface area (TPSA) is 102 Å². The largest absolute Gasteiger partial charge is 0.479 e. The molecule has 4 rings (SSSR count). The normalized spacial score (nSPS) is 10.7. The third kappa shape index (κ3) is 3.15. The molecule has 0 unspecified atom stereocenters. The lowest BCUT2D eigenvalue weighted by atomic mass is 10.2. The first-order valence-corrected chi connectivity index (χ1v) is 8.11. The van der Waals surface area contributed by atoms with E-state index in [1.165, 1.54) is 12.1 Å². The number of carboxylic acids is 1. The fourth-order valence-electron chi connectivity index (χ4n) is 2.66. The maximum absolute atomic E-state index is 11.0. The molecule has 2 aromatic carbocycles. The molecule has 0 aliphatic rings. The van der Waals surface area contributed by atoms with Crippen molar-refractivity contribution in [3.8, 4) is 11.6 Å². The van der Waals surface area contributed by atoms with Crippen LogP contribution in [0.15, 0.2) is 60.8 Å². The number of carboxylic acid groups (broad SMARTS) is 1. The number of nitrogens with zero attached hydrogens (tertiary/aromatic N) is 4. The van der Waals surface area contributed by atoms with Gasteiger partial charge >= 0.3 is 5.97 Å². The second-order valence-corrected chi connectivity index (χ2v) is 5.70. The molecule has 27 heavy (non-hydrogen) atoms. The van der Waals surface area contributed by atoms with Gasteiger partial charge in [-0.15, -0.1) is 5.10 Å². The van der Waals surface area contributed by atoms with Gasteiger partial charge in [0, 0.05) is 11.9 Å². The van der Waals surface area contributed by atoms with Gasteiger partial charge in [-0.3, -0.25) is 0 Å². The zero-order chi connectivity index (χ0) is 18.8. The van der Waals surface area contributed by atoms with Crippen LogP contribution in [0.5, 0.6) is 5.88 Å². The molecule has 0 bridgehead atoms. The summed E-state index contributed by atoms with van der Waals surface area (Å²) in [6, 6.07) is 15.9. The Hall–Kier alpha value is -3.94. The van der Waals surface area contributed by atoms with E-state index in [4.69, 9.17) is 9.84 Å². The third-order valence-electron chi connectivity index (χ3n) is 3.97. The van der Waals surface area contributed by atoms with Gasteiger partial charge in [0.15, 0.2) is 5.65 Å². The van der Waals surface area contributed by atoms with Gasteiger partial charge in [-0.25, -0.2) is 14.5 Å². The molecular weight excluding hydrogens is 346 g/mol. The molecule has 0 aliphatic carbocycles. The highest BCUT2D eigenvalue weighted by molar-refractivity contribution is 5.88. The summed E-state index contributed by atoms with van der Waals surface area (Å²) in [6.07, 6.45) is 1.64. The van der Waals surface area contributed by atoms with Crippen LogP contribution in [0.3, 0.4) is 0 Å². The minimum Gasteiger partial charge on any atom is -0.479 e. The molecule has 0 radical (unpaired) electrons. The number of benzene rings is 2. The van der Waals surface area contributed by atoms with Gasteiger partial charge in [0.1, 0.15) is 5.39 Å². The smallest absolute Gasteiger partial charge is 0.335 e. The Labute approximate surface area is 154 Å². The summed E-state index contributed by atoms with van der Waals surface area (Å²) in [6.45, 7) is 0. The summed E-state index contributed by atoms with van der Waals surface area (Å²) in [5, 5.41) is 17.2. The Morgan fingerprint density at radius 2 is 1.85 bits per heavy atom. The predicted molar refractivity (Wildman–Crippen MR) is 99.9 cm³/mol. The number of aromatic carboxylic acids is 1. The fraction of sp³-hybridized carbons (Fsp3) is 0.0526. The molecule has 134 valence electrons. The van der Waals surface area contributed by atoms with Crippen LogP contribution < -0.4 is 10.1 Å². The van der Waals surface area contributed by atoms with Gasteiger partial charge in [-0.2, -0.15) is 4.98 Å². The molecule has 0 aliphatic heterocycles. The van der Waals surface area contributed by atoms with Crippen LogP contribution in [-0.2, 0) is 0 Å². The lowest BCUT2D eigenvalue weighted by Gasteiger charge is -2.06. The molecule has 0 spiro atoms. The summed E-state index contributed by atoms with van der Waals surface area (Å²) in [4.78, 5) is 19.8. The van der Waals surface area contributed by atoms with Crippen LogP contribution in [0.25, 0.3) is 16.7 Å². The summed E-state index contributed by atoms with van der Waals surface area (Å²) >= 11 is 0. The molecule has 8 nitrogen and oxygen atoms in total. The Morgan fingerprint density at radius 3 is 2.52 bits per heavy atom. The minimum atomic E-state index is -0.974. The first-order valence-electron chi connectivity index (χ1n) is 8.11.